The molecule has 0 radical (unpaired) electrons. The first-order chi connectivity index (χ1) is 16.7. The van der Waals surface area contributed by atoms with Crippen LogP contribution in [0.4, 0.5) is 0 Å². The molecule has 1 N–H and O–H groups in total. The lowest BCUT2D eigenvalue weighted by atomic mass is 10.1. The van der Waals surface area contributed by atoms with Crippen LogP contribution in [0.15, 0.2) is 71.8 Å². The molecule has 0 aliphatic heterocycles. The van der Waals surface area contributed by atoms with Gasteiger partial charge in [0, 0.05) is 12.7 Å². The van der Waals surface area contributed by atoms with Crippen molar-refractivity contribution in [2.75, 3.05) is 0 Å². The van der Waals surface area contributed by atoms with E-state index in [-0.39, 0.29) is 5.69 Å². The molecule has 0 atom stereocenters. The maximum absolute atomic E-state index is 13.6. The number of hydrogen-bond donors (Lipinski definition) is 1. The van der Waals surface area contributed by atoms with Crippen molar-refractivity contribution < 1.29 is 0 Å². The van der Waals surface area contributed by atoms with Crippen molar-refractivity contribution in [2.24, 2.45) is 0 Å². The van der Waals surface area contributed by atoms with Gasteiger partial charge < -0.3 is 9.98 Å². The third-order valence-corrected chi connectivity index (χ3v) is 6.01. The van der Waals surface area contributed by atoms with Crippen LogP contribution in [0, 0.1) is 16.7 Å². The fourth-order valence-corrected chi connectivity index (χ4v) is 4.33. The largest absolute Gasteiger partial charge is 0.329 e. The lowest BCUT2D eigenvalue weighted by Gasteiger charge is -2.09. The normalized spacial score (nSPS) is 11.1. The Hall–Kier alpha value is -4.51. The third kappa shape index (κ3) is 3.88. The zero-order chi connectivity index (χ0) is 23.5. The number of nitriles is 1. The molecule has 0 aliphatic carbocycles. The van der Waals surface area contributed by atoms with Gasteiger partial charge in [0.05, 0.1) is 53.0 Å². The highest BCUT2D eigenvalue weighted by molar-refractivity contribution is 5.77. The number of aryl methyl sites for hydroxylation is 1. The molecular weight excluding hydrogens is 426 g/mol. The topological polar surface area (TPSA) is 105 Å². The molecule has 0 fully saturated rings. The highest BCUT2D eigenvalue weighted by atomic mass is 16.1. The van der Waals surface area contributed by atoms with Crippen LogP contribution < -0.4 is 5.69 Å². The van der Waals surface area contributed by atoms with Crippen molar-refractivity contribution in [3.63, 3.8) is 0 Å². The van der Waals surface area contributed by atoms with Crippen molar-refractivity contribution in [1.29, 1.82) is 10.7 Å². The number of unbranched alkanes of at least 4 members (excludes halogenated alkanes) is 1. The zero-order valence-electron chi connectivity index (χ0n) is 18.6. The summed E-state index contributed by atoms with van der Waals surface area (Å²) in [5, 5.41) is 16.4. The lowest BCUT2D eigenvalue weighted by Crippen LogP contribution is -2.26. The van der Waals surface area contributed by atoms with E-state index < -0.39 is 0 Å². The lowest BCUT2D eigenvalue weighted by molar-refractivity contribution is 0.605. The minimum absolute atomic E-state index is 0.134. The van der Waals surface area contributed by atoms with E-state index in [0.29, 0.717) is 25.1 Å². The number of aromatic nitrogens is 5. The summed E-state index contributed by atoms with van der Waals surface area (Å²) in [6.45, 7) is 1.44. The maximum atomic E-state index is 13.6. The SMILES string of the molecule is N#Cc1ccc(Cn2c(=O)n(Cc3nc4ccccc4n3CCCC=N)c3ccncc32)cc1. The molecule has 0 spiro atoms. The van der Waals surface area contributed by atoms with Gasteiger partial charge in [0.25, 0.3) is 0 Å². The van der Waals surface area contributed by atoms with Crippen LogP contribution in [0.5, 0.6) is 0 Å². The van der Waals surface area contributed by atoms with Crippen molar-refractivity contribution in [2.45, 2.75) is 32.5 Å². The molecule has 0 unspecified atom stereocenters. The molecular formula is C26H23N7O. The van der Waals surface area contributed by atoms with Crippen LogP contribution in [0.1, 0.15) is 29.8 Å². The van der Waals surface area contributed by atoms with Gasteiger partial charge in [-0.2, -0.15) is 5.26 Å². The molecule has 0 amide bonds. The predicted molar refractivity (Wildman–Crippen MR) is 131 cm³/mol. The van der Waals surface area contributed by atoms with Crippen LogP contribution in [-0.4, -0.2) is 29.9 Å². The van der Waals surface area contributed by atoms with Gasteiger partial charge in [0.1, 0.15) is 5.82 Å². The molecule has 0 bridgehead atoms. The molecule has 5 aromatic rings. The Morgan fingerprint density at radius 2 is 1.74 bits per heavy atom. The van der Waals surface area contributed by atoms with Gasteiger partial charge in [-0.25, -0.2) is 9.78 Å². The summed E-state index contributed by atoms with van der Waals surface area (Å²) in [4.78, 5) is 22.7. The van der Waals surface area contributed by atoms with Gasteiger partial charge in [-0.15, -0.1) is 0 Å². The van der Waals surface area contributed by atoms with E-state index in [2.05, 4.69) is 15.6 Å². The van der Waals surface area contributed by atoms with E-state index in [1.54, 1.807) is 33.7 Å². The van der Waals surface area contributed by atoms with Gasteiger partial charge in [-0.05, 0) is 55.0 Å². The second kappa shape index (κ2) is 9.16. The number of hydrogen-bond acceptors (Lipinski definition) is 5. The summed E-state index contributed by atoms with van der Waals surface area (Å²) >= 11 is 0. The summed E-state index contributed by atoms with van der Waals surface area (Å²) in [7, 11) is 0. The molecule has 0 aliphatic rings. The first-order valence-corrected chi connectivity index (χ1v) is 11.1. The monoisotopic (exact) mass is 449 g/mol. The van der Waals surface area contributed by atoms with Crippen LogP contribution in [0.2, 0.25) is 0 Å². The second-order valence-corrected chi connectivity index (χ2v) is 8.14. The Labute approximate surface area is 195 Å². The second-order valence-electron chi connectivity index (χ2n) is 8.14. The smallest absolute Gasteiger partial charge is 0.326 e. The highest BCUT2D eigenvalue weighted by Crippen LogP contribution is 2.20. The Balaban J connectivity index is 1.57. The maximum Gasteiger partial charge on any atom is 0.329 e. The summed E-state index contributed by atoms with van der Waals surface area (Å²) in [5.41, 5.74) is 4.85. The molecule has 168 valence electrons. The van der Waals surface area contributed by atoms with Gasteiger partial charge in [0.15, 0.2) is 0 Å². The Kier molecular flexibility index (Phi) is 5.75. The Morgan fingerprint density at radius 1 is 0.941 bits per heavy atom. The van der Waals surface area contributed by atoms with E-state index in [4.69, 9.17) is 15.7 Å². The van der Waals surface area contributed by atoms with Crippen molar-refractivity contribution >= 4 is 28.3 Å². The molecule has 3 heterocycles. The van der Waals surface area contributed by atoms with Crippen LogP contribution in [0.3, 0.4) is 0 Å². The zero-order valence-corrected chi connectivity index (χ0v) is 18.6. The number of fused-ring (bicyclic) bond motifs is 2. The average Bonchev–Trinajstić information content (AvgIpc) is 3.35. The Morgan fingerprint density at radius 3 is 2.53 bits per heavy atom. The average molecular weight is 450 g/mol. The van der Waals surface area contributed by atoms with Crippen molar-refractivity contribution in [3.8, 4) is 6.07 Å². The van der Waals surface area contributed by atoms with E-state index in [1.165, 1.54) is 6.21 Å². The minimum atomic E-state index is -0.134. The molecule has 5 rings (SSSR count). The minimum Gasteiger partial charge on any atom is -0.326 e. The first kappa shape index (κ1) is 21.3. The van der Waals surface area contributed by atoms with Crippen molar-refractivity contribution in [1.82, 2.24) is 23.7 Å². The quantitative estimate of drug-likeness (QED) is 0.286. The van der Waals surface area contributed by atoms with E-state index >= 15 is 0 Å². The summed E-state index contributed by atoms with van der Waals surface area (Å²) in [6.07, 6.45) is 6.35. The van der Waals surface area contributed by atoms with Crippen LogP contribution >= 0.6 is 0 Å². The standard InChI is InChI=1S/C26H23N7O/c27-12-3-4-14-31-22-6-2-1-5-21(22)30-25(31)18-33-23-11-13-29-16-24(23)32(26(33)34)17-20-9-7-19(15-28)8-10-20/h1-2,5-13,16,27H,3-4,14,17-18H2. The van der Waals surface area contributed by atoms with E-state index in [0.717, 1.165) is 46.4 Å². The molecule has 0 saturated carbocycles. The van der Waals surface area contributed by atoms with Gasteiger partial charge in [0.2, 0.25) is 0 Å². The third-order valence-electron chi connectivity index (χ3n) is 6.01. The van der Waals surface area contributed by atoms with Gasteiger partial charge >= 0.3 is 5.69 Å². The number of nitrogens with zero attached hydrogens (tertiary/aromatic N) is 6. The summed E-state index contributed by atoms with van der Waals surface area (Å²) in [6, 6.07) is 19.2. The fourth-order valence-electron chi connectivity index (χ4n) is 4.33. The summed E-state index contributed by atoms with van der Waals surface area (Å²) in [5.74, 6) is 0.808. The van der Waals surface area contributed by atoms with Crippen molar-refractivity contribution in [3.05, 3.63) is 94.4 Å². The van der Waals surface area contributed by atoms with E-state index in [9.17, 15) is 4.79 Å². The predicted octanol–water partition coefficient (Wildman–Crippen LogP) is 3.95. The van der Waals surface area contributed by atoms with Crippen LogP contribution in [-0.2, 0) is 19.6 Å². The number of benzene rings is 2. The molecule has 3 aromatic heterocycles. The number of pyridine rings is 1. The number of rotatable bonds is 8. The first-order valence-electron chi connectivity index (χ1n) is 11.1. The molecule has 34 heavy (non-hydrogen) atoms. The number of para-hydroxylation sites is 2. The highest BCUT2D eigenvalue weighted by Gasteiger charge is 2.17. The molecule has 0 saturated heterocycles. The molecule has 2 aromatic carbocycles. The van der Waals surface area contributed by atoms with Gasteiger partial charge in [-0.1, -0.05) is 24.3 Å². The summed E-state index contributed by atoms with van der Waals surface area (Å²) < 4.78 is 5.61. The number of imidazole rings is 2. The number of nitrogens with one attached hydrogen (secondary N) is 1. The molecule has 8 nitrogen and oxygen atoms in total. The fraction of sp³-hybridized carbons (Fsp3) is 0.192. The molecule has 8 heteroatoms. The van der Waals surface area contributed by atoms with Gasteiger partial charge in [-0.3, -0.25) is 14.1 Å². The van der Waals surface area contributed by atoms with Crippen LogP contribution in [0.25, 0.3) is 22.1 Å². The van der Waals surface area contributed by atoms with E-state index in [1.807, 2.05) is 42.5 Å². The Bertz CT molecular complexity index is 1580.